The standard InChI is InChI=1S/C10H19O2.Li/c1-10(2,3)8-12-9-6-4-5-7-11-9;/h9H,1,4-8H2,2-3H3;/q-1;+1. The van der Waals surface area contributed by atoms with Crippen molar-refractivity contribution in [2.24, 2.45) is 5.41 Å². The van der Waals surface area contributed by atoms with Gasteiger partial charge in [0.05, 0.1) is 0 Å². The zero-order chi connectivity index (χ0) is 9.03. The van der Waals surface area contributed by atoms with Gasteiger partial charge in [0.2, 0.25) is 0 Å². The van der Waals surface area contributed by atoms with Crippen LogP contribution in [0.3, 0.4) is 0 Å². The third kappa shape index (κ3) is 6.57. The van der Waals surface area contributed by atoms with Gasteiger partial charge in [0.25, 0.3) is 0 Å². The van der Waals surface area contributed by atoms with Crippen molar-refractivity contribution in [1.82, 2.24) is 0 Å². The van der Waals surface area contributed by atoms with Crippen molar-refractivity contribution < 1.29 is 28.3 Å². The third-order valence-electron chi connectivity index (χ3n) is 1.80. The van der Waals surface area contributed by atoms with E-state index < -0.39 is 0 Å². The Balaban J connectivity index is 0.00000144. The van der Waals surface area contributed by atoms with Gasteiger partial charge >= 0.3 is 18.9 Å². The van der Waals surface area contributed by atoms with E-state index in [2.05, 4.69) is 20.8 Å². The minimum absolute atomic E-state index is 0. The minimum atomic E-state index is 0. The summed E-state index contributed by atoms with van der Waals surface area (Å²) in [4.78, 5) is 0. The van der Waals surface area contributed by atoms with E-state index in [0.29, 0.717) is 6.61 Å². The van der Waals surface area contributed by atoms with E-state index in [1.54, 1.807) is 0 Å². The Hall–Kier alpha value is 0.517. The topological polar surface area (TPSA) is 18.5 Å². The van der Waals surface area contributed by atoms with Crippen LogP contribution in [0.4, 0.5) is 0 Å². The first kappa shape index (κ1) is 13.5. The molecule has 1 fully saturated rings. The largest absolute Gasteiger partial charge is 1.00 e. The number of ether oxygens (including phenoxy) is 2. The summed E-state index contributed by atoms with van der Waals surface area (Å²) in [6.07, 6.45) is 3.46. The molecular formula is C10H19LiO2. The van der Waals surface area contributed by atoms with Crippen LogP contribution in [0.5, 0.6) is 0 Å². The maximum atomic E-state index is 5.56. The molecule has 72 valence electrons. The van der Waals surface area contributed by atoms with Gasteiger partial charge in [-0.2, -0.15) is 0 Å². The van der Waals surface area contributed by atoms with E-state index in [1.165, 1.54) is 12.8 Å². The van der Waals surface area contributed by atoms with Crippen LogP contribution in [0, 0.1) is 12.3 Å². The van der Waals surface area contributed by atoms with Gasteiger partial charge in [0.15, 0.2) is 6.29 Å². The molecule has 13 heavy (non-hydrogen) atoms. The van der Waals surface area contributed by atoms with E-state index >= 15 is 0 Å². The van der Waals surface area contributed by atoms with Crippen LogP contribution >= 0.6 is 0 Å². The minimum Gasteiger partial charge on any atom is -0.355 e. The second-order valence-electron chi connectivity index (χ2n) is 4.27. The normalized spacial score (nSPS) is 23.8. The molecule has 0 aliphatic carbocycles. The van der Waals surface area contributed by atoms with Gasteiger partial charge in [-0.05, 0) is 19.3 Å². The molecule has 3 heteroatoms. The third-order valence-corrected chi connectivity index (χ3v) is 1.80. The molecule has 0 aromatic rings. The van der Waals surface area contributed by atoms with Gasteiger partial charge in [-0.15, -0.1) is 5.41 Å². The molecule has 0 radical (unpaired) electrons. The van der Waals surface area contributed by atoms with Crippen molar-refractivity contribution in [2.75, 3.05) is 13.2 Å². The SMILES string of the molecule is [CH2-]C(C)(C)COC1CCCCO1.[Li+]. The molecule has 1 unspecified atom stereocenters. The molecule has 0 N–H and O–H groups in total. The van der Waals surface area contributed by atoms with E-state index in [1.807, 2.05) is 0 Å². The average molecular weight is 178 g/mol. The van der Waals surface area contributed by atoms with Gasteiger partial charge in [0.1, 0.15) is 0 Å². The maximum absolute atomic E-state index is 5.56. The first-order valence-corrected chi connectivity index (χ1v) is 4.66. The Kier molecular flexibility index (Phi) is 6.33. The van der Waals surface area contributed by atoms with E-state index in [4.69, 9.17) is 9.47 Å². The van der Waals surface area contributed by atoms with E-state index in [-0.39, 0.29) is 30.6 Å². The molecule has 1 aliphatic heterocycles. The zero-order valence-corrected chi connectivity index (χ0v) is 9.14. The van der Waals surface area contributed by atoms with Crippen LogP contribution < -0.4 is 18.9 Å². The molecule has 1 aliphatic rings. The van der Waals surface area contributed by atoms with Crippen LogP contribution in [-0.4, -0.2) is 19.5 Å². The monoisotopic (exact) mass is 178 g/mol. The predicted octanol–water partition coefficient (Wildman–Crippen LogP) is -0.606. The Morgan fingerprint density at radius 2 is 2.15 bits per heavy atom. The van der Waals surface area contributed by atoms with Crippen LogP contribution in [0.25, 0.3) is 0 Å². The summed E-state index contributed by atoms with van der Waals surface area (Å²) in [5, 5.41) is 0. The molecule has 0 spiro atoms. The fourth-order valence-corrected chi connectivity index (χ4v) is 1.16. The summed E-state index contributed by atoms with van der Waals surface area (Å²) in [6, 6.07) is 0. The van der Waals surface area contributed by atoms with Crippen LogP contribution in [0.2, 0.25) is 0 Å². The van der Waals surface area contributed by atoms with Gasteiger partial charge in [-0.1, -0.05) is 13.8 Å². The summed E-state index contributed by atoms with van der Waals surface area (Å²) >= 11 is 0. The van der Waals surface area contributed by atoms with Crippen molar-refractivity contribution >= 4 is 0 Å². The Bertz CT molecular complexity index is 125. The summed E-state index contributed by atoms with van der Waals surface area (Å²) in [6.45, 7) is 9.63. The molecule has 1 rings (SSSR count). The van der Waals surface area contributed by atoms with Crippen LogP contribution in [0.1, 0.15) is 33.1 Å². The molecule has 1 atom stereocenters. The van der Waals surface area contributed by atoms with E-state index in [0.717, 1.165) is 13.0 Å². The molecule has 0 amide bonds. The number of hydrogen-bond donors (Lipinski definition) is 0. The number of hydrogen-bond acceptors (Lipinski definition) is 2. The molecule has 1 heterocycles. The van der Waals surface area contributed by atoms with Crippen LogP contribution in [0.15, 0.2) is 0 Å². The predicted molar refractivity (Wildman–Crippen MR) is 48.7 cm³/mol. The first-order valence-electron chi connectivity index (χ1n) is 4.66. The van der Waals surface area contributed by atoms with Gasteiger partial charge in [0, 0.05) is 13.2 Å². The van der Waals surface area contributed by atoms with Crippen LogP contribution in [-0.2, 0) is 9.47 Å². The fraction of sp³-hybridized carbons (Fsp3) is 0.900. The quantitative estimate of drug-likeness (QED) is 0.424. The Morgan fingerprint density at radius 3 is 2.62 bits per heavy atom. The molecule has 0 aromatic carbocycles. The maximum Gasteiger partial charge on any atom is 1.00 e. The van der Waals surface area contributed by atoms with Crippen molar-refractivity contribution in [3.8, 4) is 0 Å². The molecular weight excluding hydrogens is 159 g/mol. The molecule has 0 bridgehead atoms. The summed E-state index contributed by atoms with van der Waals surface area (Å²) < 4.78 is 11.0. The number of rotatable bonds is 3. The van der Waals surface area contributed by atoms with Crippen molar-refractivity contribution in [2.45, 2.75) is 39.4 Å². The van der Waals surface area contributed by atoms with Crippen molar-refractivity contribution in [3.63, 3.8) is 0 Å². The van der Waals surface area contributed by atoms with Gasteiger partial charge < -0.3 is 16.4 Å². The molecule has 0 saturated carbocycles. The molecule has 1 saturated heterocycles. The summed E-state index contributed by atoms with van der Waals surface area (Å²) in [5.74, 6) is 0. The second-order valence-corrected chi connectivity index (χ2v) is 4.27. The smallest absolute Gasteiger partial charge is 0.355 e. The Morgan fingerprint density at radius 1 is 1.46 bits per heavy atom. The first-order chi connectivity index (χ1) is 5.58. The zero-order valence-electron chi connectivity index (χ0n) is 9.14. The second kappa shape index (κ2) is 6.09. The van der Waals surface area contributed by atoms with Gasteiger partial charge in [-0.3, -0.25) is 0 Å². The summed E-state index contributed by atoms with van der Waals surface area (Å²) in [7, 11) is 0. The summed E-state index contributed by atoms with van der Waals surface area (Å²) in [5.41, 5.74) is 0.000801. The fourth-order valence-electron chi connectivity index (χ4n) is 1.16. The van der Waals surface area contributed by atoms with Crippen molar-refractivity contribution in [3.05, 3.63) is 6.92 Å². The van der Waals surface area contributed by atoms with Crippen molar-refractivity contribution in [1.29, 1.82) is 0 Å². The molecule has 2 nitrogen and oxygen atoms in total. The average Bonchev–Trinajstić information content (AvgIpc) is 2.02. The van der Waals surface area contributed by atoms with E-state index in [9.17, 15) is 0 Å². The Labute approximate surface area is 93.5 Å². The van der Waals surface area contributed by atoms with Gasteiger partial charge in [-0.25, -0.2) is 0 Å². The molecule has 0 aromatic heterocycles.